The van der Waals surface area contributed by atoms with Crippen molar-refractivity contribution >= 4 is 33.6 Å². The van der Waals surface area contributed by atoms with Gasteiger partial charge in [0.25, 0.3) is 0 Å². The largest absolute Gasteiger partial charge is 0.271 e. The van der Waals surface area contributed by atoms with Crippen molar-refractivity contribution in [2.75, 3.05) is 11.5 Å². The predicted octanol–water partition coefficient (Wildman–Crippen LogP) is 10.7. The van der Waals surface area contributed by atoms with Gasteiger partial charge in [-0.05, 0) is 109 Å². The highest BCUT2D eigenvalue weighted by molar-refractivity contribution is 8.15. The molecule has 1 spiro atoms. The van der Waals surface area contributed by atoms with Crippen LogP contribution in [0.1, 0.15) is 61.1 Å². The second kappa shape index (κ2) is 11.1. The average Bonchev–Trinajstić information content (AvgIpc) is 3.88. The zero-order valence-corrected chi connectivity index (χ0v) is 30.7. The van der Waals surface area contributed by atoms with Crippen LogP contribution < -0.4 is 0 Å². The molecule has 4 aliphatic rings. The second-order valence-corrected chi connectivity index (χ2v) is 17.2. The van der Waals surface area contributed by atoms with E-state index < -0.39 is 5.41 Å². The van der Waals surface area contributed by atoms with Gasteiger partial charge in [-0.2, -0.15) is 0 Å². The summed E-state index contributed by atoms with van der Waals surface area (Å²) in [5.74, 6) is 1.99. The van der Waals surface area contributed by atoms with E-state index in [1.54, 1.807) is 0 Å². The van der Waals surface area contributed by atoms with Gasteiger partial charge in [-0.15, -0.1) is 23.5 Å². The van der Waals surface area contributed by atoms with Crippen molar-refractivity contribution in [1.82, 2.24) is 9.97 Å². The normalized spacial score (nSPS) is 18.2. The predicted molar refractivity (Wildman–Crippen MR) is 215 cm³/mol. The van der Waals surface area contributed by atoms with Gasteiger partial charge in [0.05, 0.1) is 38.0 Å². The maximum absolute atomic E-state index is 5.00. The summed E-state index contributed by atoms with van der Waals surface area (Å²) in [6.45, 7) is 8.76. The summed E-state index contributed by atoms with van der Waals surface area (Å²) < 4.78 is 0. The van der Waals surface area contributed by atoms with Crippen LogP contribution in [-0.4, -0.2) is 42.6 Å². The number of rotatable bonds is 4. The Bertz CT molecular complexity index is 2300. The first-order valence-corrected chi connectivity index (χ1v) is 19.6. The van der Waals surface area contributed by atoms with Crippen molar-refractivity contribution in [2.24, 2.45) is 9.98 Å². The van der Waals surface area contributed by atoms with Crippen LogP contribution in [0.15, 0.2) is 132 Å². The minimum Gasteiger partial charge on any atom is -0.271 e. The Kier molecular flexibility index (Phi) is 6.75. The van der Waals surface area contributed by atoms with Crippen LogP contribution in [0.2, 0.25) is 0 Å². The number of fused-ring (bicyclic) bond motifs is 10. The number of benzene rings is 4. The molecule has 0 unspecified atom stereocenters. The monoisotopic (exact) mass is 696 g/mol. The van der Waals surface area contributed by atoms with Gasteiger partial charge >= 0.3 is 0 Å². The molecule has 0 radical (unpaired) electrons. The van der Waals surface area contributed by atoms with Gasteiger partial charge in [0, 0.05) is 46.2 Å². The van der Waals surface area contributed by atoms with Crippen LogP contribution >= 0.6 is 23.5 Å². The first-order valence-electron chi connectivity index (χ1n) is 17.6. The van der Waals surface area contributed by atoms with Crippen LogP contribution in [0, 0.1) is 0 Å². The molecule has 2 aliphatic carbocycles. The minimum absolute atomic E-state index is 0.0312. The molecule has 2 aromatic heterocycles. The van der Waals surface area contributed by atoms with Crippen LogP contribution in [0.5, 0.6) is 0 Å². The summed E-state index contributed by atoms with van der Waals surface area (Å²) in [5, 5.41) is 2.16. The smallest absolute Gasteiger partial charge is 0.1000 e. The number of hydrogen-bond acceptors (Lipinski definition) is 6. The quantitative estimate of drug-likeness (QED) is 0.184. The molecule has 248 valence electrons. The molecule has 10 rings (SSSR count). The molecule has 0 bridgehead atoms. The van der Waals surface area contributed by atoms with E-state index in [1.165, 1.54) is 44.5 Å². The molecule has 0 atom stereocenters. The highest BCUT2D eigenvalue weighted by Gasteiger charge is 2.51. The molecule has 0 saturated carbocycles. The highest BCUT2D eigenvalue weighted by atomic mass is 32.2. The molecular weight excluding hydrogens is 661 g/mol. The molecule has 0 fully saturated rings. The maximum Gasteiger partial charge on any atom is 0.1000 e. The Morgan fingerprint density at radius 1 is 0.451 bits per heavy atom. The van der Waals surface area contributed by atoms with Crippen LogP contribution in [0.4, 0.5) is 0 Å². The standard InChI is InChI=1S/C45H36N4S2/c1-43(2)25-50-41(48-43)29-15-19-39(46-23-29)27-13-17-33-34-18-14-28(40-20-16-30(24-47-40)42-49-44(3,4)26-51-42)22-38(34)45(37(33)21-27)35-11-7-5-9-31(35)32-10-6-8-12-36(32)45/h5-24H,25-26H2,1-4H3. The Balaban J connectivity index is 1.13. The maximum atomic E-state index is 5.00. The number of hydrogen-bond donors (Lipinski definition) is 0. The van der Waals surface area contributed by atoms with Gasteiger partial charge in [-0.3, -0.25) is 20.0 Å². The first kappa shape index (κ1) is 31.0. The van der Waals surface area contributed by atoms with Gasteiger partial charge in [0.1, 0.15) is 0 Å². The molecule has 6 heteroatoms. The van der Waals surface area contributed by atoms with E-state index in [0.717, 1.165) is 55.2 Å². The molecule has 4 nitrogen and oxygen atoms in total. The topological polar surface area (TPSA) is 50.5 Å². The number of aromatic nitrogens is 2. The molecular formula is C45H36N4S2. The lowest BCUT2D eigenvalue weighted by Gasteiger charge is -2.31. The van der Waals surface area contributed by atoms with Gasteiger partial charge in [-0.25, -0.2) is 0 Å². The molecule has 4 heterocycles. The van der Waals surface area contributed by atoms with Crippen molar-refractivity contribution in [1.29, 1.82) is 0 Å². The fraction of sp³-hybridized carbons (Fsp3) is 0.200. The zero-order valence-electron chi connectivity index (χ0n) is 29.1. The fourth-order valence-electron chi connectivity index (χ4n) is 8.30. The summed E-state index contributed by atoms with van der Waals surface area (Å²) in [7, 11) is 0. The van der Waals surface area contributed by atoms with Crippen molar-refractivity contribution < 1.29 is 0 Å². The molecule has 0 amide bonds. The summed E-state index contributed by atoms with van der Waals surface area (Å²) in [4.78, 5) is 19.9. The molecule has 4 aromatic carbocycles. The molecule has 6 aromatic rings. The summed E-state index contributed by atoms with van der Waals surface area (Å²) in [5.41, 5.74) is 16.2. The SMILES string of the molecule is CC1(C)CSC(c2ccc(-c3ccc4c(c3)C3(c5ccccc5-c5ccccc53)c3cc(-c5ccc(C6=NC(C)(C)CS6)cn5)ccc3-4)nc2)=N1. The van der Waals surface area contributed by atoms with Crippen molar-refractivity contribution in [2.45, 2.75) is 44.2 Å². The molecule has 2 aliphatic heterocycles. The zero-order chi connectivity index (χ0) is 34.5. The summed E-state index contributed by atoms with van der Waals surface area (Å²) in [6, 6.07) is 40.5. The van der Waals surface area contributed by atoms with E-state index in [-0.39, 0.29) is 11.1 Å². The van der Waals surface area contributed by atoms with E-state index in [4.69, 9.17) is 20.0 Å². The van der Waals surface area contributed by atoms with Crippen molar-refractivity contribution in [3.05, 3.63) is 155 Å². The Hall–Kier alpha value is -4.78. The molecule has 51 heavy (non-hydrogen) atoms. The van der Waals surface area contributed by atoms with Crippen LogP contribution in [0.25, 0.3) is 44.8 Å². The van der Waals surface area contributed by atoms with E-state index in [9.17, 15) is 0 Å². The third-order valence-electron chi connectivity index (χ3n) is 10.6. The Labute approximate surface area is 307 Å². The van der Waals surface area contributed by atoms with Crippen molar-refractivity contribution in [3.63, 3.8) is 0 Å². The third kappa shape index (κ3) is 4.76. The average molecular weight is 697 g/mol. The van der Waals surface area contributed by atoms with Crippen molar-refractivity contribution in [3.8, 4) is 44.8 Å². The van der Waals surface area contributed by atoms with E-state index in [2.05, 4.69) is 137 Å². The number of pyridine rings is 2. The van der Waals surface area contributed by atoms with Crippen LogP contribution in [0.3, 0.4) is 0 Å². The van der Waals surface area contributed by atoms with Gasteiger partial charge < -0.3 is 0 Å². The number of thioether (sulfide) groups is 2. The molecule has 0 saturated heterocycles. The summed E-state index contributed by atoms with van der Waals surface area (Å²) in [6.07, 6.45) is 3.98. The van der Waals surface area contributed by atoms with Gasteiger partial charge in [0.2, 0.25) is 0 Å². The van der Waals surface area contributed by atoms with E-state index in [0.29, 0.717) is 0 Å². The summed E-state index contributed by atoms with van der Waals surface area (Å²) >= 11 is 3.64. The third-order valence-corrected chi connectivity index (χ3v) is 13.5. The Morgan fingerprint density at radius 2 is 0.863 bits per heavy atom. The molecule has 0 N–H and O–H groups in total. The lowest BCUT2D eigenvalue weighted by molar-refractivity contribution is 0.605. The van der Waals surface area contributed by atoms with Gasteiger partial charge in [-0.1, -0.05) is 72.8 Å². The first-order chi connectivity index (χ1) is 24.7. The fourth-order valence-corrected chi connectivity index (χ4v) is 10.6. The number of aliphatic imine (C=N–C) groups is 2. The second-order valence-electron chi connectivity index (χ2n) is 15.3. The van der Waals surface area contributed by atoms with Crippen LogP contribution in [-0.2, 0) is 5.41 Å². The highest BCUT2D eigenvalue weighted by Crippen LogP contribution is 2.63. The van der Waals surface area contributed by atoms with Gasteiger partial charge in [0.15, 0.2) is 0 Å². The lowest BCUT2D eigenvalue weighted by Crippen LogP contribution is -2.26. The van der Waals surface area contributed by atoms with E-state index >= 15 is 0 Å². The van der Waals surface area contributed by atoms with E-state index in [1.807, 2.05) is 35.9 Å². The Morgan fingerprint density at radius 3 is 1.25 bits per heavy atom. The minimum atomic E-state index is -0.467. The number of nitrogens with zero attached hydrogens (tertiary/aromatic N) is 4. The lowest BCUT2D eigenvalue weighted by atomic mass is 9.70.